The number of aromatic nitrogens is 2. The topological polar surface area (TPSA) is 108 Å². The standard InChI is InChI=1S/C17H24N4O4S/c1-2-10-26(23,24)21-7-5-13(6-8-21)15-11-16(20-19-15)17(22)18-12-14-4-3-9-25-14/h3-4,9,11,13H,2,5-8,10,12H2,1H3,(H,18,22)(H,19,20). The van der Waals surface area contributed by atoms with E-state index in [2.05, 4.69) is 15.5 Å². The van der Waals surface area contributed by atoms with Crippen LogP contribution < -0.4 is 5.32 Å². The molecule has 0 aliphatic carbocycles. The van der Waals surface area contributed by atoms with E-state index < -0.39 is 10.0 Å². The summed E-state index contributed by atoms with van der Waals surface area (Å²) in [6.07, 6.45) is 3.62. The van der Waals surface area contributed by atoms with E-state index in [0.29, 0.717) is 37.5 Å². The first-order chi connectivity index (χ1) is 12.5. The summed E-state index contributed by atoms with van der Waals surface area (Å²) >= 11 is 0. The Kier molecular flexibility index (Phi) is 5.77. The van der Waals surface area contributed by atoms with Gasteiger partial charge in [0.2, 0.25) is 10.0 Å². The molecule has 0 atom stereocenters. The van der Waals surface area contributed by atoms with Gasteiger partial charge in [-0.05, 0) is 37.5 Å². The predicted octanol–water partition coefficient (Wildman–Crippen LogP) is 1.85. The van der Waals surface area contributed by atoms with Crippen molar-refractivity contribution in [2.24, 2.45) is 0 Å². The summed E-state index contributed by atoms with van der Waals surface area (Å²) in [5.74, 6) is 0.783. The summed E-state index contributed by atoms with van der Waals surface area (Å²) in [6, 6.07) is 5.30. The van der Waals surface area contributed by atoms with Crippen LogP contribution in [-0.2, 0) is 16.6 Å². The van der Waals surface area contributed by atoms with Gasteiger partial charge in [0, 0.05) is 24.7 Å². The number of nitrogens with one attached hydrogen (secondary N) is 2. The smallest absolute Gasteiger partial charge is 0.272 e. The van der Waals surface area contributed by atoms with Crippen molar-refractivity contribution >= 4 is 15.9 Å². The van der Waals surface area contributed by atoms with Gasteiger partial charge in [-0.15, -0.1) is 0 Å². The molecule has 142 valence electrons. The minimum atomic E-state index is -3.14. The highest BCUT2D eigenvalue weighted by Gasteiger charge is 2.29. The fourth-order valence-corrected chi connectivity index (χ4v) is 4.71. The van der Waals surface area contributed by atoms with Gasteiger partial charge in [-0.25, -0.2) is 12.7 Å². The zero-order valence-corrected chi connectivity index (χ0v) is 15.6. The molecule has 9 heteroatoms. The van der Waals surface area contributed by atoms with Crippen LogP contribution in [0.5, 0.6) is 0 Å². The lowest BCUT2D eigenvalue weighted by Crippen LogP contribution is -2.39. The highest BCUT2D eigenvalue weighted by molar-refractivity contribution is 7.89. The Morgan fingerprint density at radius 3 is 2.85 bits per heavy atom. The summed E-state index contributed by atoms with van der Waals surface area (Å²) in [6.45, 7) is 3.19. The number of sulfonamides is 1. The molecule has 0 aromatic carbocycles. The third kappa shape index (κ3) is 4.34. The molecule has 0 bridgehead atoms. The molecule has 2 aromatic heterocycles. The molecule has 1 saturated heterocycles. The molecule has 1 amide bonds. The first-order valence-corrected chi connectivity index (χ1v) is 10.4. The summed E-state index contributed by atoms with van der Waals surface area (Å²) in [7, 11) is -3.14. The Balaban J connectivity index is 1.54. The van der Waals surface area contributed by atoms with Gasteiger partial charge >= 0.3 is 0 Å². The number of carbonyl (C=O) groups is 1. The average Bonchev–Trinajstić information content (AvgIpc) is 3.32. The van der Waals surface area contributed by atoms with Crippen molar-refractivity contribution in [3.63, 3.8) is 0 Å². The van der Waals surface area contributed by atoms with E-state index in [-0.39, 0.29) is 17.6 Å². The van der Waals surface area contributed by atoms with Gasteiger partial charge in [0.05, 0.1) is 18.6 Å². The van der Waals surface area contributed by atoms with Crippen LogP contribution in [0.15, 0.2) is 28.9 Å². The van der Waals surface area contributed by atoms with Crippen molar-refractivity contribution in [3.8, 4) is 0 Å². The monoisotopic (exact) mass is 380 g/mol. The van der Waals surface area contributed by atoms with Gasteiger partial charge < -0.3 is 9.73 Å². The van der Waals surface area contributed by atoms with Crippen molar-refractivity contribution in [2.45, 2.75) is 38.6 Å². The zero-order valence-electron chi connectivity index (χ0n) is 14.8. The molecule has 3 heterocycles. The highest BCUT2D eigenvalue weighted by Crippen LogP contribution is 2.28. The fraction of sp³-hybridized carbons (Fsp3) is 0.529. The van der Waals surface area contributed by atoms with Crippen molar-refractivity contribution in [2.75, 3.05) is 18.8 Å². The lowest BCUT2D eigenvalue weighted by molar-refractivity contribution is 0.0943. The number of nitrogens with zero attached hydrogens (tertiary/aromatic N) is 2. The van der Waals surface area contributed by atoms with Crippen molar-refractivity contribution in [3.05, 3.63) is 41.6 Å². The van der Waals surface area contributed by atoms with E-state index in [9.17, 15) is 13.2 Å². The number of amides is 1. The lowest BCUT2D eigenvalue weighted by atomic mass is 9.94. The molecule has 8 nitrogen and oxygen atoms in total. The number of H-pyrrole nitrogens is 1. The second-order valence-electron chi connectivity index (χ2n) is 6.46. The van der Waals surface area contributed by atoms with E-state index in [1.165, 1.54) is 0 Å². The average molecular weight is 380 g/mol. The lowest BCUT2D eigenvalue weighted by Gasteiger charge is -2.30. The molecule has 2 N–H and O–H groups in total. The quantitative estimate of drug-likeness (QED) is 0.762. The van der Waals surface area contributed by atoms with E-state index >= 15 is 0 Å². The SMILES string of the molecule is CCCS(=O)(=O)N1CCC(c2cc(C(=O)NCc3ccco3)n[nH]2)CC1. The molecule has 2 aromatic rings. The van der Waals surface area contributed by atoms with Crippen molar-refractivity contribution < 1.29 is 17.6 Å². The summed E-state index contributed by atoms with van der Waals surface area (Å²) < 4.78 is 31.0. The number of rotatable bonds is 7. The largest absolute Gasteiger partial charge is 0.467 e. The third-order valence-corrected chi connectivity index (χ3v) is 6.66. The van der Waals surface area contributed by atoms with Crippen LogP contribution >= 0.6 is 0 Å². The maximum atomic E-state index is 12.2. The van der Waals surface area contributed by atoms with Gasteiger partial charge in [-0.1, -0.05) is 6.92 Å². The Labute approximate surface area is 153 Å². The molecule has 1 aliphatic heterocycles. The molecule has 1 fully saturated rings. The normalized spacial score (nSPS) is 16.7. The van der Waals surface area contributed by atoms with Crippen LogP contribution in [0.4, 0.5) is 0 Å². The van der Waals surface area contributed by atoms with Crippen molar-refractivity contribution in [1.82, 2.24) is 19.8 Å². The summed E-state index contributed by atoms with van der Waals surface area (Å²) in [5.41, 5.74) is 1.20. The van der Waals surface area contributed by atoms with E-state index in [4.69, 9.17) is 4.42 Å². The number of furan rings is 1. The molecule has 3 rings (SSSR count). The maximum absolute atomic E-state index is 12.2. The number of piperidine rings is 1. The molecule has 0 saturated carbocycles. The van der Waals surface area contributed by atoms with Crippen LogP contribution in [0, 0.1) is 0 Å². The molecule has 26 heavy (non-hydrogen) atoms. The third-order valence-electron chi connectivity index (χ3n) is 4.58. The van der Waals surface area contributed by atoms with Gasteiger partial charge in [0.25, 0.3) is 5.91 Å². The number of hydrogen-bond donors (Lipinski definition) is 2. The van der Waals surface area contributed by atoms with Gasteiger partial charge in [0.1, 0.15) is 11.5 Å². The first-order valence-electron chi connectivity index (χ1n) is 8.83. The first kappa shape index (κ1) is 18.7. The van der Waals surface area contributed by atoms with Crippen LogP contribution in [0.1, 0.15) is 54.0 Å². The van der Waals surface area contributed by atoms with Crippen LogP contribution in [-0.4, -0.2) is 47.7 Å². The Hall–Kier alpha value is -2.13. The second-order valence-corrected chi connectivity index (χ2v) is 8.55. The molecule has 0 radical (unpaired) electrons. The Morgan fingerprint density at radius 1 is 1.42 bits per heavy atom. The number of aromatic amines is 1. The zero-order chi connectivity index (χ0) is 18.6. The fourth-order valence-electron chi connectivity index (χ4n) is 3.17. The minimum Gasteiger partial charge on any atom is -0.467 e. The summed E-state index contributed by atoms with van der Waals surface area (Å²) in [5, 5.41) is 9.77. The molecule has 0 unspecified atom stereocenters. The van der Waals surface area contributed by atoms with Crippen LogP contribution in [0.25, 0.3) is 0 Å². The number of carbonyl (C=O) groups excluding carboxylic acids is 1. The Morgan fingerprint density at radius 2 is 2.19 bits per heavy atom. The van der Waals surface area contributed by atoms with Crippen LogP contribution in [0.2, 0.25) is 0 Å². The second kappa shape index (κ2) is 8.05. The van der Waals surface area contributed by atoms with Gasteiger partial charge in [0.15, 0.2) is 0 Å². The minimum absolute atomic E-state index is 0.183. The molecule has 1 aliphatic rings. The van der Waals surface area contributed by atoms with Gasteiger partial charge in [-0.2, -0.15) is 5.10 Å². The maximum Gasteiger partial charge on any atom is 0.272 e. The highest BCUT2D eigenvalue weighted by atomic mass is 32.2. The Bertz CT molecular complexity index is 821. The summed E-state index contributed by atoms with van der Waals surface area (Å²) in [4.78, 5) is 12.2. The molecular formula is C17H24N4O4S. The van der Waals surface area contributed by atoms with Crippen molar-refractivity contribution in [1.29, 1.82) is 0 Å². The van der Waals surface area contributed by atoms with E-state index in [1.54, 1.807) is 28.8 Å². The van der Waals surface area contributed by atoms with E-state index in [0.717, 1.165) is 18.5 Å². The van der Waals surface area contributed by atoms with Gasteiger partial charge in [-0.3, -0.25) is 9.89 Å². The molecular weight excluding hydrogens is 356 g/mol. The number of hydrogen-bond acceptors (Lipinski definition) is 5. The predicted molar refractivity (Wildman–Crippen MR) is 96.1 cm³/mol. The van der Waals surface area contributed by atoms with Crippen LogP contribution in [0.3, 0.4) is 0 Å². The van der Waals surface area contributed by atoms with E-state index in [1.807, 2.05) is 6.92 Å². The molecule has 0 spiro atoms.